The summed E-state index contributed by atoms with van der Waals surface area (Å²) < 4.78 is 0. The molecule has 0 bridgehead atoms. The van der Waals surface area contributed by atoms with Crippen LogP contribution in [0.3, 0.4) is 0 Å². The Morgan fingerprint density at radius 2 is 1.92 bits per heavy atom. The fraction of sp³-hybridized carbons (Fsp3) is 0.350. The number of carbonyl (C=O) groups is 1. The fourth-order valence-corrected chi connectivity index (χ4v) is 3.21. The highest BCUT2D eigenvalue weighted by Gasteiger charge is 2.24. The van der Waals surface area contributed by atoms with Crippen LogP contribution in [0.15, 0.2) is 55.0 Å². The van der Waals surface area contributed by atoms with Gasteiger partial charge in [0.1, 0.15) is 0 Å². The molecule has 0 atom stereocenters. The van der Waals surface area contributed by atoms with Crippen molar-refractivity contribution in [1.82, 2.24) is 14.9 Å². The van der Waals surface area contributed by atoms with Crippen molar-refractivity contribution in [1.29, 1.82) is 0 Å². The summed E-state index contributed by atoms with van der Waals surface area (Å²) in [7, 11) is 0. The lowest BCUT2D eigenvalue weighted by Gasteiger charge is -2.34. The van der Waals surface area contributed by atoms with Crippen molar-refractivity contribution in [2.45, 2.75) is 44.7 Å². The minimum absolute atomic E-state index is 0.0522. The molecule has 0 saturated heterocycles. The Morgan fingerprint density at radius 3 is 2.62 bits per heavy atom. The second-order valence-corrected chi connectivity index (χ2v) is 6.21. The quantitative estimate of drug-likeness (QED) is 0.786. The van der Waals surface area contributed by atoms with Gasteiger partial charge in [0.15, 0.2) is 0 Å². The van der Waals surface area contributed by atoms with E-state index in [1.165, 1.54) is 24.8 Å². The van der Waals surface area contributed by atoms with E-state index in [-0.39, 0.29) is 5.91 Å². The van der Waals surface area contributed by atoms with E-state index in [1.807, 2.05) is 23.1 Å². The molecule has 1 fully saturated rings. The van der Waals surface area contributed by atoms with Crippen LogP contribution in [0.5, 0.6) is 0 Å². The van der Waals surface area contributed by atoms with Crippen LogP contribution in [0, 0.1) is 0 Å². The summed E-state index contributed by atoms with van der Waals surface area (Å²) in [6, 6.07) is 10.5. The van der Waals surface area contributed by atoms with Gasteiger partial charge in [0.25, 0.3) is 0 Å². The summed E-state index contributed by atoms with van der Waals surface area (Å²) in [5.74, 6) is 0.0522. The van der Waals surface area contributed by atoms with Crippen molar-refractivity contribution in [2.75, 3.05) is 0 Å². The van der Waals surface area contributed by atoms with Crippen molar-refractivity contribution in [3.8, 4) is 0 Å². The summed E-state index contributed by atoms with van der Waals surface area (Å²) in [5.41, 5.74) is 1.87. The van der Waals surface area contributed by atoms with Crippen LogP contribution >= 0.6 is 0 Å². The molecular weight excluding hydrogens is 298 g/mol. The molecule has 1 aliphatic carbocycles. The van der Waals surface area contributed by atoms with Crippen molar-refractivity contribution >= 4 is 12.0 Å². The van der Waals surface area contributed by atoms with Crippen LogP contribution in [0.2, 0.25) is 0 Å². The van der Waals surface area contributed by atoms with E-state index in [1.54, 1.807) is 30.7 Å². The van der Waals surface area contributed by atoms with E-state index in [0.29, 0.717) is 18.3 Å². The molecule has 1 heterocycles. The van der Waals surface area contributed by atoms with Crippen LogP contribution in [-0.4, -0.2) is 26.8 Å². The number of hydrogen-bond acceptors (Lipinski definition) is 3. The third-order valence-corrected chi connectivity index (χ3v) is 4.47. The summed E-state index contributed by atoms with van der Waals surface area (Å²) in [4.78, 5) is 23.0. The maximum atomic E-state index is 12.8. The molecule has 124 valence electrons. The van der Waals surface area contributed by atoms with Gasteiger partial charge < -0.3 is 4.90 Å². The van der Waals surface area contributed by atoms with Crippen molar-refractivity contribution in [3.63, 3.8) is 0 Å². The van der Waals surface area contributed by atoms with E-state index < -0.39 is 0 Å². The fourth-order valence-electron chi connectivity index (χ4n) is 3.21. The normalized spacial score (nSPS) is 15.5. The lowest BCUT2D eigenvalue weighted by Crippen LogP contribution is -2.40. The van der Waals surface area contributed by atoms with Crippen LogP contribution in [-0.2, 0) is 11.3 Å². The number of amides is 1. The van der Waals surface area contributed by atoms with Gasteiger partial charge in [-0.25, -0.2) is 0 Å². The third kappa shape index (κ3) is 4.51. The Labute approximate surface area is 143 Å². The average Bonchev–Trinajstić information content (AvgIpc) is 2.66. The van der Waals surface area contributed by atoms with Gasteiger partial charge >= 0.3 is 0 Å². The van der Waals surface area contributed by atoms with Crippen molar-refractivity contribution in [2.24, 2.45) is 0 Å². The first-order chi connectivity index (χ1) is 11.8. The van der Waals surface area contributed by atoms with Gasteiger partial charge in [-0.05, 0) is 24.5 Å². The summed E-state index contributed by atoms with van der Waals surface area (Å²) in [6.07, 6.45) is 14.2. The van der Waals surface area contributed by atoms with Gasteiger partial charge in [-0.2, -0.15) is 0 Å². The van der Waals surface area contributed by atoms with E-state index in [2.05, 4.69) is 22.1 Å². The smallest absolute Gasteiger partial charge is 0.247 e. The number of aromatic nitrogens is 2. The van der Waals surface area contributed by atoms with Crippen LogP contribution in [0.4, 0.5) is 0 Å². The van der Waals surface area contributed by atoms with E-state index in [9.17, 15) is 4.79 Å². The first-order valence-electron chi connectivity index (χ1n) is 8.61. The number of carbonyl (C=O) groups excluding carboxylic acids is 1. The van der Waals surface area contributed by atoms with Crippen LogP contribution in [0.25, 0.3) is 6.08 Å². The summed E-state index contributed by atoms with van der Waals surface area (Å²) in [6.45, 7) is 0.662. The molecule has 4 heteroatoms. The number of benzene rings is 1. The monoisotopic (exact) mass is 321 g/mol. The van der Waals surface area contributed by atoms with Gasteiger partial charge in [-0.1, -0.05) is 49.6 Å². The highest BCUT2D eigenvalue weighted by atomic mass is 16.2. The van der Waals surface area contributed by atoms with Gasteiger partial charge in [-0.15, -0.1) is 0 Å². The van der Waals surface area contributed by atoms with E-state index in [0.717, 1.165) is 12.8 Å². The number of nitrogens with zero attached hydrogens (tertiary/aromatic N) is 3. The number of rotatable bonds is 5. The molecule has 0 aliphatic heterocycles. The van der Waals surface area contributed by atoms with E-state index in [4.69, 9.17) is 0 Å². The highest BCUT2D eigenvalue weighted by Crippen LogP contribution is 2.24. The molecule has 1 aromatic carbocycles. The van der Waals surface area contributed by atoms with E-state index >= 15 is 0 Å². The maximum absolute atomic E-state index is 12.8. The molecule has 1 aliphatic rings. The Balaban J connectivity index is 1.75. The van der Waals surface area contributed by atoms with Crippen molar-refractivity contribution in [3.05, 3.63) is 66.3 Å². The average molecular weight is 321 g/mol. The lowest BCUT2D eigenvalue weighted by atomic mass is 9.93. The molecular formula is C20H23N3O. The second-order valence-electron chi connectivity index (χ2n) is 6.21. The highest BCUT2D eigenvalue weighted by molar-refractivity contribution is 5.91. The zero-order valence-corrected chi connectivity index (χ0v) is 13.8. The first kappa shape index (κ1) is 16.4. The number of hydrogen-bond donors (Lipinski definition) is 0. The predicted molar refractivity (Wildman–Crippen MR) is 94.9 cm³/mol. The zero-order valence-electron chi connectivity index (χ0n) is 13.8. The zero-order chi connectivity index (χ0) is 16.6. The molecule has 1 amide bonds. The molecule has 0 unspecified atom stereocenters. The largest absolute Gasteiger partial charge is 0.332 e. The summed E-state index contributed by atoms with van der Waals surface area (Å²) in [5, 5.41) is 0. The molecule has 3 rings (SSSR count). The Hall–Kier alpha value is -2.49. The molecule has 1 aromatic heterocycles. The van der Waals surface area contributed by atoms with Crippen LogP contribution < -0.4 is 0 Å². The Kier molecular flexibility index (Phi) is 5.72. The minimum Gasteiger partial charge on any atom is -0.332 e. The Morgan fingerprint density at radius 1 is 1.12 bits per heavy atom. The molecule has 0 radical (unpaired) electrons. The van der Waals surface area contributed by atoms with Crippen LogP contribution in [0.1, 0.15) is 43.4 Å². The van der Waals surface area contributed by atoms with Gasteiger partial charge in [0, 0.05) is 31.1 Å². The topological polar surface area (TPSA) is 46.1 Å². The lowest BCUT2D eigenvalue weighted by molar-refractivity contribution is -0.129. The SMILES string of the molecule is O=C(/C=C/c1cnccn1)N(Cc1ccccc1)C1CCCCC1. The predicted octanol–water partition coefficient (Wildman–Crippen LogP) is 3.85. The molecule has 2 aromatic rings. The minimum atomic E-state index is 0.0522. The molecule has 4 nitrogen and oxygen atoms in total. The maximum Gasteiger partial charge on any atom is 0.247 e. The Bertz CT molecular complexity index is 664. The standard InChI is InChI=1S/C20H23N3O/c24-20(12-11-18-15-21-13-14-22-18)23(19-9-5-2-6-10-19)16-17-7-3-1-4-8-17/h1,3-4,7-8,11-15,19H,2,5-6,9-10,16H2/b12-11+. The molecule has 0 N–H and O–H groups in total. The van der Waals surface area contributed by atoms with Crippen molar-refractivity contribution < 1.29 is 4.79 Å². The molecule has 0 spiro atoms. The summed E-state index contributed by atoms with van der Waals surface area (Å²) >= 11 is 0. The first-order valence-corrected chi connectivity index (χ1v) is 8.61. The third-order valence-electron chi connectivity index (χ3n) is 4.47. The molecule has 1 saturated carbocycles. The van der Waals surface area contributed by atoms with Gasteiger partial charge in [0.05, 0.1) is 11.9 Å². The van der Waals surface area contributed by atoms with Gasteiger partial charge in [0.2, 0.25) is 5.91 Å². The van der Waals surface area contributed by atoms with Gasteiger partial charge in [-0.3, -0.25) is 14.8 Å². The molecule has 24 heavy (non-hydrogen) atoms. The second kappa shape index (κ2) is 8.39.